The van der Waals surface area contributed by atoms with E-state index in [0.717, 1.165) is 30.0 Å². The highest BCUT2D eigenvalue weighted by Gasteiger charge is 2.11. The molecule has 0 amide bonds. The first kappa shape index (κ1) is 15.0. The fourth-order valence-corrected chi connectivity index (χ4v) is 2.66. The monoisotopic (exact) mass is 288 g/mol. The zero-order valence-electron chi connectivity index (χ0n) is 12.1. The molecule has 0 aliphatic carbocycles. The first-order chi connectivity index (χ1) is 9.69. The zero-order chi connectivity index (χ0) is 14.4. The van der Waals surface area contributed by atoms with Gasteiger partial charge >= 0.3 is 0 Å². The summed E-state index contributed by atoms with van der Waals surface area (Å²) in [6.45, 7) is 5.22. The lowest BCUT2D eigenvalue weighted by atomic mass is 9.98. The molecular formula is C17H21ClN2. The van der Waals surface area contributed by atoms with Gasteiger partial charge in [0.25, 0.3) is 0 Å². The summed E-state index contributed by atoms with van der Waals surface area (Å²) in [5.74, 6) is 0. The van der Waals surface area contributed by atoms with Crippen LogP contribution in [0.4, 0.5) is 0 Å². The molecule has 20 heavy (non-hydrogen) atoms. The van der Waals surface area contributed by atoms with Crippen LogP contribution in [-0.2, 0) is 12.8 Å². The molecule has 3 heteroatoms. The second-order valence-electron chi connectivity index (χ2n) is 5.12. The van der Waals surface area contributed by atoms with Crippen LogP contribution in [0.25, 0.3) is 0 Å². The number of aromatic nitrogens is 1. The van der Waals surface area contributed by atoms with Gasteiger partial charge in [-0.3, -0.25) is 4.98 Å². The van der Waals surface area contributed by atoms with Crippen LogP contribution < -0.4 is 5.32 Å². The molecule has 1 aromatic carbocycles. The number of likely N-dealkylation sites (N-methyl/N-ethyl adjacent to an activating group) is 1. The molecule has 0 saturated carbocycles. The molecule has 0 spiro atoms. The van der Waals surface area contributed by atoms with E-state index in [4.69, 9.17) is 11.6 Å². The number of rotatable bonds is 6. The predicted molar refractivity (Wildman–Crippen MR) is 85.3 cm³/mol. The molecule has 2 nitrogen and oxygen atoms in total. The largest absolute Gasteiger partial charge is 0.314 e. The van der Waals surface area contributed by atoms with Crippen LogP contribution in [0.2, 0.25) is 5.02 Å². The molecule has 2 aromatic rings. The van der Waals surface area contributed by atoms with Crippen LogP contribution in [0, 0.1) is 6.92 Å². The Balaban J connectivity index is 2.09. The van der Waals surface area contributed by atoms with Gasteiger partial charge < -0.3 is 5.32 Å². The third kappa shape index (κ3) is 4.32. The van der Waals surface area contributed by atoms with Crippen molar-refractivity contribution in [3.8, 4) is 0 Å². The van der Waals surface area contributed by atoms with Crippen molar-refractivity contribution in [1.29, 1.82) is 0 Å². The van der Waals surface area contributed by atoms with Crippen LogP contribution in [0.15, 0.2) is 42.7 Å². The maximum absolute atomic E-state index is 6.21. The zero-order valence-corrected chi connectivity index (χ0v) is 12.8. The van der Waals surface area contributed by atoms with E-state index in [1.165, 1.54) is 11.1 Å². The third-order valence-electron chi connectivity index (χ3n) is 3.38. The summed E-state index contributed by atoms with van der Waals surface area (Å²) in [5.41, 5.74) is 3.82. The Morgan fingerprint density at radius 3 is 2.80 bits per heavy atom. The molecule has 1 aromatic heterocycles. The molecule has 0 aliphatic heterocycles. The molecule has 0 fully saturated rings. The van der Waals surface area contributed by atoms with Crippen LogP contribution in [-0.4, -0.2) is 17.6 Å². The van der Waals surface area contributed by atoms with Crippen molar-refractivity contribution in [2.24, 2.45) is 0 Å². The summed E-state index contributed by atoms with van der Waals surface area (Å²) >= 11 is 6.21. The van der Waals surface area contributed by atoms with Crippen molar-refractivity contribution in [3.63, 3.8) is 0 Å². The Labute approximate surface area is 126 Å². The van der Waals surface area contributed by atoms with E-state index in [2.05, 4.69) is 48.4 Å². The van der Waals surface area contributed by atoms with Crippen molar-refractivity contribution in [3.05, 3.63) is 64.4 Å². The first-order valence-electron chi connectivity index (χ1n) is 7.06. The Morgan fingerprint density at radius 1 is 1.25 bits per heavy atom. The Morgan fingerprint density at radius 2 is 2.10 bits per heavy atom. The van der Waals surface area contributed by atoms with Crippen molar-refractivity contribution in [2.75, 3.05) is 6.54 Å². The summed E-state index contributed by atoms with van der Waals surface area (Å²) < 4.78 is 0. The number of halogens is 1. The summed E-state index contributed by atoms with van der Waals surface area (Å²) in [6, 6.07) is 11.1. The van der Waals surface area contributed by atoms with Gasteiger partial charge in [-0.1, -0.05) is 48.4 Å². The Hall–Kier alpha value is -1.38. The molecule has 0 radical (unpaired) electrons. The summed E-state index contributed by atoms with van der Waals surface area (Å²) in [5, 5.41) is 4.30. The lowest BCUT2D eigenvalue weighted by molar-refractivity contribution is 0.521. The molecule has 106 valence electrons. The number of nitrogens with zero attached hydrogens (tertiary/aromatic N) is 1. The lowest BCUT2D eigenvalue weighted by Crippen LogP contribution is -2.33. The SMILES string of the molecule is CCNC(Cc1cccc(C)c1)Cc1ccncc1Cl. The van der Waals surface area contributed by atoms with E-state index < -0.39 is 0 Å². The minimum atomic E-state index is 0.390. The van der Waals surface area contributed by atoms with Gasteiger partial charge in [-0.2, -0.15) is 0 Å². The second kappa shape index (κ2) is 7.41. The van der Waals surface area contributed by atoms with Gasteiger partial charge in [-0.05, 0) is 43.5 Å². The average molecular weight is 289 g/mol. The molecule has 1 heterocycles. The van der Waals surface area contributed by atoms with Crippen LogP contribution in [0.5, 0.6) is 0 Å². The predicted octanol–water partition coefficient (Wildman–Crippen LogP) is 3.81. The van der Waals surface area contributed by atoms with E-state index in [-0.39, 0.29) is 0 Å². The van der Waals surface area contributed by atoms with E-state index in [1.54, 1.807) is 12.4 Å². The van der Waals surface area contributed by atoms with E-state index >= 15 is 0 Å². The number of nitrogens with one attached hydrogen (secondary N) is 1. The first-order valence-corrected chi connectivity index (χ1v) is 7.44. The number of benzene rings is 1. The van der Waals surface area contributed by atoms with Crippen molar-refractivity contribution < 1.29 is 0 Å². The van der Waals surface area contributed by atoms with Crippen LogP contribution in [0.1, 0.15) is 23.6 Å². The van der Waals surface area contributed by atoms with Crippen LogP contribution >= 0.6 is 11.6 Å². The maximum atomic E-state index is 6.21. The molecule has 0 saturated heterocycles. The highest BCUT2D eigenvalue weighted by molar-refractivity contribution is 6.31. The standard InChI is InChI=1S/C17H21ClN2/c1-3-20-16(10-14-6-4-5-13(2)9-14)11-15-7-8-19-12-17(15)18/h4-9,12,16,20H,3,10-11H2,1-2H3. The summed E-state index contributed by atoms with van der Waals surface area (Å²) in [7, 11) is 0. The van der Waals surface area contributed by atoms with Crippen LogP contribution in [0.3, 0.4) is 0 Å². The quantitative estimate of drug-likeness (QED) is 0.874. The van der Waals surface area contributed by atoms with Crippen molar-refractivity contribution >= 4 is 11.6 Å². The van der Waals surface area contributed by atoms with E-state index in [1.807, 2.05) is 6.07 Å². The maximum Gasteiger partial charge on any atom is 0.0621 e. The summed E-state index contributed by atoms with van der Waals surface area (Å²) in [4.78, 5) is 4.04. The summed E-state index contributed by atoms with van der Waals surface area (Å²) in [6.07, 6.45) is 5.45. The van der Waals surface area contributed by atoms with Gasteiger partial charge in [0.2, 0.25) is 0 Å². The highest BCUT2D eigenvalue weighted by atomic mass is 35.5. The minimum absolute atomic E-state index is 0.390. The number of pyridine rings is 1. The molecule has 1 atom stereocenters. The van der Waals surface area contributed by atoms with Crippen molar-refractivity contribution in [1.82, 2.24) is 10.3 Å². The fraction of sp³-hybridized carbons (Fsp3) is 0.353. The van der Waals surface area contributed by atoms with Gasteiger partial charge in [-0.15, -0.1) is 0 Å². The minimum Gasteiger partial charge on any atom is -0.314 e. The molecule has 1 N–H and O–H groups in total. The molecule has 0 bridgehead atoms. The Kier molecular flexibility index (Phi) is 5.57. The van der Waals surface area contributed by atoms with Gasteiger partial charge in [-0.25, -0.2) is 0 Å². The molecule has 2 rings (SSSR count). The van der Waals surface area contributed by atoms with E-state index in [9.17, 15) is 0 Å². The number of aryl methyl sites for hydroxylation is 1. The second-order valence-corrected chi connectivity index (χ2v) is 5.53. The third-order valence-corrected chi connectivity index (χ3v) is 3.72. The lowest BCUT2D eigenvalue weighted by Gasteiger charge is -2.19. The smallest absolute Gasteiger partial charge is 0.0621 e. The van der Waals surface area contributed by atoms with Gasteiger partial charge in [0.15, 0.2) is 0 Å². The molecule has 1 unspecified atom stereocenters. The van der Waals surface area contributed by atoms with Crippen molar-refractivity contribution in [2.45, 2.75) is 32.7 Å². The highest BCUT2D eigenvalue weighted by Crippen LogP contribution is 2.17. The topological polar surface area (TPSA) is 24.9 Å². The Bertz CT molecular complexity index is 554. The molecular weight excluding hydrogens is 268 g/mol. The number of hydrogen-bond donors (Lipinski definition) is 1. The normalized spacial score (nSPS) is 12.3. The van der Waals surface area contributed by atoms with Gasteiger partial charge in [0.05, 0.1) is 5.02 Å². The number of hydrogen-bond acceptors (Lipinski definition) is 2. The fourth-order valence-electron chi connectivity index (χ4n) is 2.46. The average Bonchev–Trinajstić information content (AvgIpc) is 2.42. The molecule has 0 aliphatic rings. The van der Waals surface area contributed by atoms with E-state index in [0.29, 0.717) is 6.04 Å². The van der Waals surface area contributed by atoms with Gasteiger partial charge in [0, 0.05) is 18.4 Å². The van der Waals surface area contributed by atoms with Gasteiger partial charge in [0.1, 0.15) is 0 Å².